The van der Waals surface area contributed by atoms with Gasteiger partial charge in [-0.1, -0.05) is 6.07 Å². The molecule has 2 aliphatic rings. The molecule has 0 amide bonds. The van der Waals surface area contributed by atoms with Crippen LogP contribution in [-0.2, 0) is 11.2 Å². The van der Waals surface area contributed by atoms with Crippen molar-refractivity contribution in [3.63, 3.8) is 0 Å². The van der Waals surface area contributed by atoms with E-state index in [9.17, 15) is 0 Å². The van der Waals surface area contributed by atoms with Gasteiger partial charge in [0, 0.05) is 6.42 Å². The molecule has 2 fully saturated rings. The van der Waals surface area contributed by atoms with Crippen molar-refractivity contribution in [1.29, 1.82) is 0 Å². The molecule has 2 unspecified atom stereocenters. The van der Waals surface area contributed by atoms with E-state index in [-0.39, 0.29) is 6.10 Å². The quantitative estimate of drug-likeness (QED) is 0.904. The molecule has 0 saturated carbocycles. The summed E-state index contributed by atoms with van der Waals surface area (Å²) in [5, 5.41) is 3.48. The minimum Gasteiger partial charge on any atom is -0.493 e. The van der Waals surface area contributed by atoms with Crippen molar-refractivity contribution in [3.8, 4) is 11.5 Å². The molecule has 0 radical (unpaired) electrons. The summed E-state index contributed by atoms with van der Waals surface area (Å²) in [5.74, 6) is 2.40. The Bertz CT molecular complexity index is 451. The van der Waals surface area contributed by atoms with Crippen LogP contribution in [0.15, 0.2) is 18.2 Å². The molecular formula is C17H25NO3. The monoisotopic (exact) mass is 291 g/mol. The summed E-state index contributed by atoms with van der Waals surface area (Å²) >= 11 is 0. The molecule has 1 aromatic carbocycles. The lowest BCUT2D eigenvalue weighted by Gasteiger charge is -2.23. The van der Waals surface area contributed by atoms with E-state index < -0.39 is 0 Å². The van der Waals surface area contributed by atoms with Crippen LogP contribution in [-0.4, -0.2) is 39.5 Å². The molecule has 4 nitrogen and oxygen atoms in total. The molecule has 21 heavy (non-hydrogen) atoms. The van der Waals surface area contributed by atoms with Crippen molar-refractivity contribution >= 4 is 0 Å². The zero-order valence-corrected chi connectivity index (χ0v) is 12.8. The first-order valence-corrected chi connectivity index (χ1v) is 7.97. The summed E-state index contributed by atoms with van der Waals surface area (Å²) in [7, 11) is 1.69. The fourth-order valence-electron chi connectivity index (χ4n) is 3.16. The molecule has 0 bridgehead atoms. The summed E-state index contributed by atoms with van der Waals surface area (Å²) in [5.41, 5.74) is 1.33. The fraction of sp³-hybridized carbons (Fsp3) is 0.647. The lowest BCUT2D eigenvalue weighted by molar-refractivity contribution is 0.138. The molecule has 3 rings (SSSR count). The zero-order valence-electron chi connectivity index (χ0n) is 12.8. The summed E-state index contributed by atoms with van der Waals surface area (Å²) in [6.45, 7) is 3.76. The highest BCUT2D eigenvalue weighted by Gasteiger charge is 2.20. The van der Waals surface area contributed by atoms with Gasteiger partial charge in [0.2, 0.25) is 0 Å². The van der Waals surface area contributed by atoms with E-state index in [1.54, 1.807) is 7.11 Å². The smallest absolute Gasteiger partial charge is 0.161 e. The van der Waals surface area contributed by atoms with Gasteiger partial charge in [-0.25, -0.2) is 0 Å². The predicted octanol–water partition coefficient (Wildman–Crippen LogP) is 2.41. The largest absolute Gasteiger partial charge is 0.493 e. The Kier molecular flexibility index (Phi) is 4.99. The van der Waals surface area contributed by atoms with Crippen LogP contribution >= 0.6 is 0 Å². The lowest BCUT2D eigenvalue weighted by atomic mass is 9.92. The van der Waals surface area contributed by atoms with Gasteiger partial charge >= 0.3 is 0 Å². The van der Waals surface area contributed by atoms with E-state index in [0.29, 0.717) is 6.61 Å². The van der Waals surface area contributed by atoms with Crippen LogP contribution in [0.25, 0.3) is 0 Å². The van der Waals surface area contributed by atoms with Crippen LogP contribution in [0.4, 0.5) is 0 Å². The highest BCUT2D eigenvalue weighted by molar-refractivity contribution is 5.43. The third-order valence-electron chi connectivity index (χ3n) is 4.33. The Hall–Kier alpha value is -1.26. The molecular weight excluding hydrogens is 266 g/mol. The Labute approximate surface area is 126 Å². The van der Waals surface area contributed by atoms with Crippen molar-refractivity contribution in [2.75, 3.05) is 33.4 Å². The molecule has 2 saturated heterocycles. The normalized spacial score (nSPS) is 25.8. The fourth-order valence-corrected chi connectivity index (χ4v) is 3.16. The molecule has 1 N–H and O–H groups in total. The van der Waals surface area contributed by atoms with E-state index in [2.05, 4.69) is 17.4 Å². The number of ether oxygens (including phenoxy) is 3. The van der Waals surface area contributed by atoms with E-state index >= 15 is 0 Å². The summed E-state index contributed by atoms with van der Waals surface area (Å²) < 4.78 is 16.9. The Morgan fingerprint density at radius 1 is 1.29 bits per heavy atom. The SMILES string of the molecule is COc1ccc(CC2CCCNC2)cc1OC1CCOC1. The van der Waals surface area contributed by atoms with Crippen LogP contribution in [0, 0.1) is 5.92 Å². The summed E-state index contributed by atoms with van der Waals surface area (Å²) in [6.07, 6.45) is 4.81. The molecule has 0 aromatic heterocycles. The van der Waals surface area contributed by atoms with Gasteiger partial charge in [-0.3, -0.25) is 0 Å². The Morgan fingerprint density at radius 3 is 2.95 bits per heavy atom. The van der Waals surface area contributed by atoms with Crippen LogP contribution in [0.5, 0.6) is 11.5 Å². The average molecular weight is 291 g/mol. The van der Waals surface area contributed by atoms with Crippen molar-refractivity contribution in [2.45, 2.75) is 31.8 Å². The summed E-state index contributed by atoms with van der Waals surface area (Å²) in [4.78, 5) is 0. The first-order valence-electron chi connectivity index (χ1n) is 7.97. The lowest BCUT2D eigenvalue weighted by Crippen LogP contribution is -2.30. The first-order chi connectivity index (χ1) is 10.3. The van der Waals surface area contributed by atoms with E-state index in [1.165, 1.54) is 18.4 Å². The van der Waals surface area contributed by atoms with Crippen LogP contribution in [0.1, 0.15) is 24.8 Å². The van der Waals surface area contributed by atoms with Gasteiger partial charge in [0.05, 0.1) is 20.3 Å². The van der Waals surface area contributed by atoms with Crippen LogP contribution in [0.3, 0.4) is 0 Å². The van der Waals surface area contributed by atoms with Gasteiger partial charge in [0.15, 0.2) is 11.5 Å². The minimum absolute atomic E-state index is 0.158. The van der Waals surface area contributed by atoms with Gasteiger partial charge in [-0.05, 0) is 56.0 Å². The molecule has 1 aromatic rings. The second kappa shape index (κ2) is 7.14. The minimum atomic E-state index is 0.158. The third-order valence-corrected chi connectivity index (χ3v) is 4.33. The molecule has 4 heteroatoms. The molecule has 0 spiro atoms. The number of piperidine rings is 1. The third kappa shape index (κ3) is 3.89. The molecule has 2 heterocycles. The number of hydrogen-bond donors (Lipinski definition) is 1. The van der Waals surface area contributed by atoms with Crippen molar-refractivity contribution in [2.24, 2.45) is 5.92 Å². The van der Waals surface area contributed by atoms with Crippen molar-refractivity contribution < 1.29 is 14.2 Å². The van der Waals surface area contributed by atoms with E-state index in [4.69, 9.17) is 14.2 Å². The summed E-state index contributed by atoms with van der Waals surface area (Å²) in [6, 6.07) is 6.33. The number of methoxy groups -OCH3 is 1. The van der Waals surface area contributed by atoms with Gasteiger partial charge in [-0.15, -0.1) is 0 Å². The van der Waals surface area contributed by atoms with Gasteiger partial charge in [0.25, 0.3) is 0 Å². The molecule has 0 aliphatic carbocycles. The van der Waals surface area contributed by atoms with Gasteiger partial charge < -0.3 is 19.5 Å². The number of benzene rings is 1. The van der Waals surface area contributed by atoms with Crippen LogP contribution in [0.2, 0.25) is 0 Å². The molecule has 2 aliphatic heterocycles. The van der Waals surface area contributed by atoms with Crippen LogP contribution < -0.4 is 14.8 Å². The standard InChI is InChI=1S/C17H25NO3/c1-19-16-5-4-13(9-14-3-2-7-18-11-14)10-17(16)21-15-6-8-20-12-15/h4-5,10,14-15,18H,2-3,6-9,11-12H2,1H3. The first kappa shape index (κ1) is 14.7. The maximum atomic E-state index is 6.06. The Balaban J connectivity index is 1.69. The highest BCUT2D eigenvalue weighted by Crippen LogP contribution is 2.31. The number of rotatable bonds is 5. The maximum absolute atomic E-state index is 6.06. The van der Waals surface area contributed by atoms with Crippen molar-refractivity contribution in [3.05, 3.63) is 23.8 Å². The molecule has 2 atom stereocenters. The van der Waals surface area contributed by atoms with E-state index in [0.717, 1.165) is 50.0 Å². The topological polar surface area (TPSA) is 39.7 Å². The number of hydrogen-bond acceptors (Lipinski definition) is 4. The zero-order chi connectivity index (χ0) is 14.5. The maximum Gasteiger partial charge on any atom is 0.161 e. The van der Waals surface area contributed by atoms with Gasteiger partial charge in [-0.2, -0.15) is 0 Å². The van der Waals surface area contributed by atoms with Crippen molar-refractivity contribution in [1.82, 2.24) is 5.32 Å². The predicted molar refractivity (Wildman–Crippen MR) is 82.1 cm³/mol. The highest BCUT2D eigenvalue weighted by atomic mass is 16.6. The average Bonchev–Trinajstić information content (AvgIpc) is 3.02. The Morgan fingerprint density at radius 2 is 2.24 bits per heavy atom. The second-order valence-corrected chi connectivity index (χ2v) is 6.01. The second-order valence-electron chi connectivity index (χ2n) is 6.01. The number of nitrogens with one attached hydrogen (secondary N) is 1. The van der Waals surface area contributed by atoms with Gasteiger partial charge in [0.1, 0.15) is 6.10 Å². The van der Waals surface area contributed by atoms with E-state index in [1.807, 2.05) is 6.07 Å². The molecule has 116 valence electrons.